The van der Waals surface area contributed by atoms with Gasteiger partial charge >= 0.3 is 0 Å². The van der Waals surface area contributed by atoms with Gasteiger partial charge in [-0.05, 0) is 69.5 Å². The van der Waals surface area contributed by atoms with Crippen LogP contribution in [0.4, 0.5) is 34.9 Å². The maximum Gasteiger partial charge on any atom is 0.296 e. The molecular weight excluding hydrogens is 564 g/mol. The number of methoxy groups -OCH3 is 1. The van der Waals surface area contributed by atoms with E-state index in [2.05, 4.69) is 41.1 Å². The predicted octanol–water partition coefficient (Wildman–Crippen LogP) is 4.36. The van der Waals surface area contributed by atoms with Crippen LogP contribution in [0.3, 0.4) is 0 Å². The number of azo groups is 1. The molecule has 0 fully saturated rings. The van der Waals surface area contributed by atoms with E-state index in [0.29, 0.717) is 11.4 Å². The smallest absolute Gasteiger partial charge is 0.296 e. The Morgan fingerprint density at radius 1 is 0.881 bits per heavy atom. The summed E-state index contributed by atoms with van der Waals surface area (Å²) in [5.41, 5.74) is 10.7. The highest BCUT2D eigenvalue weighted by Gasteiger charge is 2.23. The molecule has 4 rings (SSSR count). The first kappa shape index (κ1) is 30.3. The van der Waals surface area contributed by atoms with Gasteiger partial charge in [-0.2, -0.15) is 23.4 Å². The number of phenolic OH excluding ortho intramolecular Hbond substituents is 1. The zero-order chi connectivity index (χ0) is 30.9. The molecule has 9 N–H and O–H groups in total. The number of nitrogens with one attached hydrogen (secondary N) is 3. The van der Waals surface area contributed by atoms with Gasteiger partial charge in [0, 0.05) is 11.1 Å². The van der Waals surface area contributed by atoms with Crippen molar-refractivity contribution in [3.63, 3.8) is 0 Å². The summed E-state index contributed by atoms with van der Waals surface area (Å²) in [6, 6.07) is 12.5. The van der Waals surface area contributed by atoms with E-state index in [1.165, 1.54) is 25.3 Å². The number of rotatable bonds is 10. The molecule has 0 aliphatic rings. The average molecular weight is 597 g/mol. The third kappa shape index (κ3) is 7.55. The molecule has 0 unspecified atom stereocenters. The Hall–Kier alpha value is -4.64. The van der Waals surface area contributed by atoms with Crippen molar-refractivity contribution >= 4 is 55.8 Å². The maximum absolute atomic E-state index is 12.3. The Morgan fingerprint density at radius 2 is 1.48 bits per heavy atom. The fraction of sp³-hybridized carbons (Fsp3) is 0.269. The highest BCUT2D eigenvalue weighted by Crippen LogP contribution is 2.42. The van der Waals surface area contributed by atoms with Crippen molar-refractivity contribution < 1.29 is 22.8 Å². The van der Waals surface area contributed by atoms with E-state index in [1.807, 2.05) is 0 Å². The third-order valence-corrected chi connectivity index (χ3v) is 6.30. The van der Waals surface area contributed by atoms with Gasteiger partial charge in [-0.15, -0.1) is 10.2 Å². The molecule has 0 atom stereocenters. The lowest BCUT2D eigenvalue weighted by molar-refractivity contribution is 0.416. The van der Waals surface area contributed by atoms with Gasteiger partial charge in [-0.1, -0.05) is 12.1 Å². The molecule has 42 heavy (non-hydrogen) atoms. The topological polar surface area (TPSA) is 235 Å². The lowest BCUT2D eigenvalue weighted by Crippen LogP contribution is -2.43. The summed E-state index contributed by atoms with van der Waals surface area (Å²) in [5, 5.41) is 28.5. The number of phenols is 1. The van der Waals surface area contributed by atoms with Crippen LogP contribution in [0.1, 0.15) is 27.7 Å². The van der Waals surface area contributed by atoms with Crippen LogP contribution in [0.5, 0.6) is 11.5 Å². The first-order valence-corrected chi connectivity index (χ1v) is 14.0. The number of nitrogens with two attached hydrogens (primary N) is 2. The largest absolute Gasteiger partial charge is 0.505 e. The van der Waals surface area contributed by atoms with Gasteiger partial charge in [0.05, 0.1) is 18.4 Å². The molecular formula is C26H32N10O5S. The van der Waals surface area contributed by atoms with E-state index < -0.39 is 37.8 Å². The van der Waals surface area contributed by atoms with Gasteiger partial charge in [0.15, 0.2) is 5.75 Å². The Morgan fingerprint density at radius 3 is 2.05 bits per heavy atom. The average Bonchev–Trinajstić information content (AvgIpc) is 2.85. The van der Waals surface area contributed by atoms with E-state index in [-0.39, 0.29) is 34.3 Å². The second kappa shape index (κ2) is 11.3. The summed E-state index contributed by atoms with van der Waals surface area (Å²) in [7, 11) is -3.38. The summed E-state index contributed by atoms with van der Waals surface area (Å²) in [4.78, 5) is 12.4. The monoisotopic (exact) mass is 596 g/mol. The molecule has 0 saturated heterocycles. The van der Waals surface area contributed by atoms with Crippen LogP contribution in [-0.2, 0) is 10.1 Å². The number of aromatic hydroxyl groups is 1. The van der Waals surface area contributed by atoms with Gasteiger partial charge in [-0.3, -0.25) is 4.55 Å². The number of aromatic nitrogens is 3. The molecule has 16 heteroatoms. The Bertz CT molecular complexity index is 1730. The van der Waals surface area contributed by atoms with E-state index in [9.17, 15) is 18.1 Å². The lowest BCUT2D eigenvalue weighted by atomic mass is 10.1. The Kier molecular flexibility index (Phi) is 8.18. The molecule has 1 aromatic heterocycles. The summed E-state index contributed by atoms with van der Waals surface area (Å²) >= 11 is 0. The first-order chi connectivity index (χ1) is 19.5. The molecule has 0 aliphatic heterocycles. The van der Waals surface area contributed by atoms with Crippen LogP contribution in [-0.4, -0.2) is 51.5 Å². The molecule has 0 amide bonds. The Labute approximate surface area is 242 Å². The molecule has 0 spiro atoms. The number of hydrogen-bond acceptors (Lipinski definition) is 14. The van der Waals surface area contributed by atoms with E-state index in [1.54, 1.807) is 58.0 Å². The zero-order valence-corrected chi connectivity index (χ0v) is 24.4. The van der Waals surface area contributed by atoms with Gasteiger partial charge in [0.1, 0.15) is 22.0 Å². The predicted molar refractivity (Wildman–Crippen MR) is 159 cm³/mol. The van der Waals surface area contributed by atoms with Crippen molar-refractivity contribution in [2.24, 2.45) is 21.7 Å². The number of ether oxygens (including phenoxy) is 1. The minimum Gasteiger partial charge on any atom is -0.505 e. The Balaban J connectivity index is 1.77. The second-order valence-corrected chi connectivity index (χ2v) is 11.9. The second-order valence-electron chi connectivity index (χ2n) is 10.5. The number of fused-ring (bicyclic) bond motifs is 1. The molecule has 0 radical (unpaired) electrons. The summed E-state index contributed by atoms with van der Waals surface area (Å²) in [5.74, 6) is 0.335. The molecule has 15 nitrogen and oxygen atoms in total. The van der Waals surface area contributed by atoms with Crippen LogP contribution >= 0.6 is 0 Å². The molecule has 0 saturated carbocycles. The number of hydrogen-bond donors (Lipinski definition) is 7. The van der Waals surface area contributed by atoms with Gasteiger partial charge in [-0.25, -0.2) is 0 Å². The zero-order valence-electron chi connectivity index (χ0n) is 23.5. The molecule has 4 aromatic rings. The fourth-order valence-corrected chi connectivity index (χ4v) is 4.45. The summed E-state index contributed by atoms with van der Waals surface area (Å²) < 4.78 is 39.8. The van der Waals surface area contributed by atoms with Crippen molar-refractivity contribution in [3.05, 3.63) is 48.5 Å². The quantitative estimate of drug-likeness (QED) is 0.0766. The van der Waals surface area contributed by atoms with E-state index in [4.69, 9.17) is 16.2 Å². The van der Waals surface area contributed by atoms with Crippen molar-refractivity contribution in [1.82, 2.24) is 15.0 Å². The number of benzene rings is 3. The van der Waals surface area contributed by atoms with E-state index in [0.717, 1.165) is 0 Å². The van der Waals surface area contributed by atoms with Crippen LogP contribution in [0.25, 0.3) is 10.8 Å². The summed E-state index contributed by atoms with van der Waals surface area (Å²) in [6.07, 6.45) is 0. The van der Waals surface area contributed by atoms with Crippen molar-refractivity contribution in [3.8, 4) is 11.5 Å². The van der Waals surface area contributed by atoms with Crippen LogP contribution < -0.4 is 32.2 Å². The highest BCUT2D eigenvalue weighted by molar-refractivity contribution is 7.86. The summed E-state index contributed by atoms with van der Waals surface area (Å²) in [6.45, 7) is 6.93. The van der Waals surface area contributed by atoms with Crippen LogP contribution in [0, 0.1) is 0 Å². The SMILES string of the molecule is COc1ccccc1N=Nc1c(S(=O)(=O)O)cc2cc(Nc3nc(NC(C)(C)N)nc(NC(C)(C)N)n3)ccc2c1O. The highest BCUT2D eigenvalue weighted by atomic mass is 32.2. The van der Waals surface area contributed by atoms with Crippen molar-refractivity contribution in [1.29, 1.82) is 0 Å². The normalized spacial score (nSPS) is 12.5. The van der Waals surface area contributed by atoms with E-state index >= 15 is 0 Å². The van der Waals surface area contributed by atoms with Crippen molar-refractivity contribution in [2.75, 3.05) is 23.1 Å². The van der Waals surface area contributed by atoms with Gasteiger partial charge < -0.3 is 37.3 Å². The third-order valence-electron chi connectivity index (χ3n) is 5.43. The molecule has 0 aliphatic carbocycles. The van der Waals surface area contributed by atoms with Gasteiger partial charge in [0.2, 0.25) is 17.8 Å². The van der Waals surface area contributed by atoms with Crippen LogP contribution in [0.2, 0.25) is 0 Å². The minimum absolute atomic E-state index is 0.115. The van der Waals surface area contributed by atoms with Crippen LogP contribution in [0.15, 0.2) is 63.7 Å². The number of para-hydroxylation sites is 1. The molecule has 1 heterocycles. The standard InChI is InChI=1S/C26H32N10O5S/c1-25(2,27)33-23-30-22(31-24(32-23)34-26(3,4)28)29-15-10-11-16-14(12-15)13-19(42(38,39)40)20(21(16)37)36-35-17-8-6-7-9-18(17)41-5/h6-13,37H,27-28H2,1-5H3,(H,38,39,40)(H3,29,30,31,32,33,34). The molecule has 3 aromatic carbocycles. The molecule has 222 valence electrons. The minimum atomic E-state index is -4.82. The lowest BCUT2D eigenvalue weighted by Gasteiger charge is -2.23. The number of anilines is 4. The first-order valence-electron chi connectivity index (χ1n) is 12.5. The van der Waals surface area contributed by atoms with Crippen molar-refractivity contribution in [2.45, 2.75) is 43.9 Å². The maximum atomic E-state index is 12.3. The number of nitrogens with zero attached hydrogens (tertiary/aromatic N) is 5. The fourth-order valence-electron chi connectivity index (χ4n) is 3.79. The van der Waals surface area contributed by atoms with Gasteiger partial charge in [0.25, 0.3) is 10.1 Å². The molecule has 0 bridgehead atoms.